The van der Waals surface area contributed by atoms with E-state index in [1.165, 1.54) is 32.4 Å². The molecule has 1 atom stereocenters. The van der Waals surface area contributed by atoms with Gasteiger partial charge in [0.05, 0.1) is 0 Å². The Hall–Kier alpha value is -0.0800. The lowest BCUT2D eigenvalue weighted by molar-refractivity contribution is 0.240. The third-order valence-corrected chi connectivity index (χ3v) is 2.54. The average Bonchev–Trinajstić information content (AvgIpc) is 2.18. The quantitative estimate of drug-likeness (QED) is 0.643. The highest BCUT2D eigenvalue weighted by Crippen LogP contribution is 2.09. The van der Waals surface area contributed by atoms with Gasteiger partial charge in [-0.1, -0.05) is 13.3 Å². The van der Waals surface area contributed by atoms with E-state index in [4.69, 9.17) is 0 Å². The molecule has 0 aromatic carbocycles. The summed E-state index contributed by atoms with van der Waals surface area (Å²) >= 11 is 0. The number of likely N-dealkylation sites (N-methyl/N-ethyl adjacent to an activating group) is 1. The maximum absolute atomic E-state index is 3.42. The molecule has 1 heterocycles. The Morgan fingerprint density at radius 3 is 3.00 bits per heavy atom. The van der Waals surface area contributed by atoms with E-state index in [9.17, 15) is 0 Å². The maximum Gasteiger partial charge on any atom is 0.0107 e. The first kappa shape index (κ1) is 9.01. The molecule has 0 radical (unpaired) electrons. The van der Waals surface area contributed by atoms with Crippen LogP contribution in [-0.2, 0) is 0 Å². The predicted octanol–water partition coefficient (Wildman–Crippen LogP) is 1.08. The minimum Gasteiger partial charge on any atom is -0.315 e. The zero-order valence-electron chi connectivity index (χ0n) is 7.77. The lowest BCUT2D eigenvalue weighted by Gasteiger charge is -2.24. The summed E-state index contributed by atoms with van der Waals surface area (Å²) in [5.74, 6) is 0. The van der Waals surface area contributed by atoms with Gasteiger partial charge < -0.3 is 10.2 Å². The lowest BCUT2D eigenvalue weighted by atomic mass is 10.1. The van der Waals surface area contributed by atoms with Crippen LogP contribution in [0, 0.1) is 0 Å². The van der Waals surface area contributed by atoms with E-state index in [2.05, 4.69) is 24.2 Å². The van der Waals surface area contributed by atoms with Gasteiger partial charge in [-0.05, 0) is 26.4 Å². The monoisotopic (exact) mass is 156 g/mol. The zero-order chi connectivity index (χ0) is 8.10. The summed E-state index contributed by atoms with van der Waals surface area (Å²) in [6.45, 7) is 5.85. The van der Waals surface area contributed by atoms with Crippen LogP contribution in [0.3, 0.4) is 0 Å². The van der Waals surface area contributed by atoms with Crippen LogP contribution in [0.25, 0.3) is 0 Å². The van der Waals surface area contributed by atoms with Crippen LogP contribution in [0.1, 0.15) is 26.2 Å². The van der Waals surface area contributed by atoms with Crippen molar-refractivity contribution in [1.29, 1.82) is 0 Å². The smallest absolute Gasteiger partial charge is 0.0107 e. The van der Waals surface area contributed by atoms with E-state index in [0.29, 0.717) is 0 Å². The first-order chi connectivity index (χ1) is 5.34. The van der Waals surface area contributed by atoms with Gasteiger partial charge in [-0.2, -0.15) is 0 Å². The van der Waals surface area contributed by atoms with Gasteiger partial charge in [0.15, 0.2) is 0 Å². The van der Waals surface area contributed by atoms with Crippen molar-refractivity contribution >= 4 is 0 Å². The molecule has 2 nitrogen and oxygen atoms in total. The van der Waals surface area contributed by atoms with E-state index >= 15 is 0 Å². The van der Waals surface area contributed by atoms with Gasteiger partial charge in [0.1, 0.15) is 0 Å². The topological polar surface area (TPSA) is 15.3 Å². The molecule has 1 N–H and O–H groups in total. The van der Waals surface area contributed by atoms with Crippen LogP contribution in [0.2, 0.25) is 0 Å². The molecule has 0 saturated carbocycles. The molecule has 0 amide bonds. The minimum atomic E-state index is 0.829. The SMILES string of the molecule is CCCC1CCNCCN1C. The van der Waals surface area contributed by atoms with Crippen LogP contribution in [-0.4, -0.2) is 37.6 Å². The zero-order valence-corrected chi connectivity index (χ0v) is 7.77. The summed E-state index contributed by atoms with van der Waals surface area (Å²) in [6.07, 6.45) is 4.00. The molecule has 1 rings (SSSR count). The highest BCUT2D eigenvalue weighted by molar-refractivity contribution is 4.73. The summed E-state index contributed by atoms with van der Waals surface area (Å²) < 4.78 is 0. The van der Waals surface area contributed by atoms with Gasteiger partial charge in [0, 0.05) is 19.1 Å². The molecule has 0 bridgehead atoms. The third-order valence-electron chi connectivity index (χ3n) is 2.54. The number of nitrogens with one attached hydrogen (secondary N) is 1. The van der Waals surface area contributed by atoms with Crippen LogP contribution < -0.4 is 5.32 Å². The van der Waals surface area contributed by atoms with Crippen LogP contribution in [0.4, 0.5) is 0 Å². The fourth-order valence-electron chi connectivity index (χ4n) is 1.75. The Bertz CT molecular complexity index is 104. The molecule has 11 heavy (non-hydrogen) atoms. The second-order valence-corrected chi connectivity index (χ2v) is 3.46. The second kappa shape index (κ2) is 4.73. The van der Waals surface area contributed by atoms with Crippen molar-refractivity contribution in [2.24, 2.45) is 0 Å². The summed E-state index contributed by atoms with van der Waals surface area (Å²) in [5.41, 5.74) is 0. The van der Waals surface area contributed by atoms with Crippen LogP contribution in [0.5, 0.6) is 0 Å². The highest BCUT2D eigenvalue weighted by atomic mass is 15.2. The fraction of sp³-hybridized carbons (Fsp3) is 1.00. The number of hydrogen-bond acceptors (Lipinski definition) is 2. The minimum absolute atomic E-state index is 0.829. The molecule has 1 fully saturated rings. The molecule has 1 unspecified atom stereocenters. The Morgan fingerprint density at radius 2 is 2.27 bits per heavy atom. The summed E-state index contributed by atoms with van der Waals surface area (Å²) in [4.78, 5) is 2.49. The molecule has 0 aliphatic carbocycles. The molecule has 1 saturated heterocycles. The van der Waals surface area contributed by atoms with E-state index in [0.717, 1.165) is 12.6 Å². The Kier molecular flexibility index (Phi) is 3.87. The van der Waals surface area contributed by atoms with Crippen molar-refractivity contribution in [2.75, 3.05) is 26.7 Å². The lowest BCUT2D eigenvalue weighted by Crippen LogP contribution is -2.32. The van der Waals surface area contributed by atoms with Gasteiger partial charge in [0.2, 0.25) is 0 Å². The number of nitrogens with zero attached hydrogens (tertiary/aromatic N) is 1. The van der Waals surface area contributed by atoms with Gasteiger partial charge in [0.25, 0.3) is 0 Å². The number of rotatable bonds is 2. The van der Waals surface area contributed by atoms with Crippen molar-refractivity contribution in [3.05, 3.63) is 0 Å². The van der Waals surface area contributed by atoms with E-state index in [1.54, 1.807) is 0 Å². The Balaban J connectivity index is 2.32. The summed E-state index contributed by atoms with van der Waals surface area (Å²) in [6, 6.07) is 0.829. The highest BCUT2D eigenvalue weighted by Gasteiger charge is 2.15. The summed E-state index contributed by atoms with van der Waals surface area (Å²) in [7, 11) is 2.24. The molecule has 66 valence electrons. The summed E-state index contributed by atoms with van der Waals surface area (Å²) in [5, 5.41) is 3.42. The largest absolute Gasteiger partial charge is 0.315 e. The first-order valence-electron chi connectivity index (χ1n) is 4.75. The second-order valence-electron chi connectivity index (χ2n) is 3.46. The molecular weight excluding hydrogens is 136 g/mol. The molecule has 2 heteroatoms. The van der Waals surface area contributed by atoms with Gasteiger partial charge >= 0.3 is 0 Å². The van der Waals surface area contributed by atoms with E-state index < -0.39 is 0 Å². The van der Waals surface area contributed by atoms with Crippen molar-refractivity contribution in [3.8, 4) is 0 Å². The molecule has 0 aromatic rings. The standard InChI is InChI=1S/C9H20N2/c1-3-4-9-5-6-10-7-8-11(9)2/h9-10H,3-8H2,1-2H3. The Labute approximate surface area is 70.0 Å². The maximum atomic E-state index is 3.42. The normalized spacial score (nSPS) is 28.4. The van der Waals surface area contributed by atoms with Crippen LogP contribution in [0.15, 0.2) is 0 Å². The third kappa shape index (κ3) is 2.80. The van der Waals surface area contributed by atoms with Crippen LogP contribution >= 0.6 is 0 Å². The molecule has 1 aliphatic heterocycles. The van der Waals surface area contributed by atoms with Crippen molar-refractivity contribution < 1.29 is 0 Å². The first-order valence-corrected chi connectivity index (χ1v) is 4.75. The van der Waals surface area contributed by atoms with Crippen molar-refractivity contribution in [2.45, 2.75) is 32.2 Å². The number of hydrogen-bond donors (Lipinski definition) is 1. The van der Waals surface area contributed by atoms with E-state index in [1.807, 2.05) is 0 Å². The van der Waals surface area contributed by atoms with Gasteiger partial charge in [-0.3, -0.25) is 0 Å². The van der Waals surface area contributed by atoms with Gasteiger partial charge in [-0.15, -0.1) is 0 Å². The Morgan fingerprint density at radius 1 is 1.45 bits per heavy atom. The average molecular weight is 156 g/mol. The van der Waals surface area contributed by atoms with E-state index in [-0.39, 0.29) is 0 Å². The molecule has 0 aromatic heterocycles. The fourth-order valence-corrected chi connectivity index (χ4v) is 1.75. The van der Waals surface area contributed by atoms with Crippen molar-refractivity contribution in [3.63, 3.8) is 0 Å². The predicted molar refractivity (Wildman–Crippen MR) is 48.8 cm³/mol. The molecule has 0 spiro atoms. The van der Waals surface area contributed by atoms with Gasteiger partial charge in [-0.25, -0.2) is 0 Å². The van der Waals surface area contributed by atoms with Crippen molar-refractivity contribution in [1.82, 2.24) is 10.2 Å². The molecular formula is C9H20N2. The molecule has 1 aliphatic rings.